The number of hydrogen-bond donors (Lipinski definition) is 2. The number of hydrogen-bond acceptors (Lipinski definition) is 5. The molecule has 1 heterocycles. The Balaban J connectivity index is 1.56. The minimum Gasteiger partial charge on any atom is -0.465 e. The monoisotopic (exact) mass is 393 g/mol. The number of halogens is 1. The summed E-state index contributed by atoms with van der Waals surface area (Å²) < 4.78 is 18.3. The second-order valence-electron chi connectivity index (χ2n) is 6.23. The zero-order chi connectivity index (χ0) is 20.6. The maximum absolute atomic E-state index is 13.6. The van der Waals surface area contributed by atoms with Crippen molar-refractivity contribution in [3.63, 3.8) is 0 Å². The zero-order valence-electron chi connectivity index (χ0n) is 15.8. The number of ether oxygens (including phenoxy) is 1. The second-order valence-corrected chi connectivity index (χ2v) is 6.23. The number of carbonyl (C=O) groups excluding carboxylic acids is 2. The smallest absolute Gasteiger partial charge is 0.337 e. The maximum Gasteiger partial charge on any atom is 0.337 e. The molecule has 0 fully saturated rings. The van der Waals surface area contributed by atoms with Gasteiger partial charge >= 0.3 is 5.97 Å². The summed E-state index contributed by atoms with van der Waals surface area (Å²) in [5.74, 6) is -0.470. The molecule has 0 saturated carbocycles. The van der Waals surface area contributed by atoms with Crippen LogP contribution < -0.4 is 10.6 Å². The van der Waals surface area contributed by atoms with Gasteiger partial charge in [0.2, 0.25) is 0 Å². The molecular formula is C22H20FN3O3. The van der Waals surface area contributed by atoms with Gasteiger partial charge in [0, 0.05) is 18.4 Å². The summed E-state index contributed by atoms with van der Waals surface area (Å²) >= 11 is 0. The molecule has 7 heteroatoms. The van der Waals surface area contributed by atoms with Crippen LogP contribution in [0.15, 0.2) is 66.9 Å². The van der Waals surface area contributed by atoms with Crippen LogP contribution in [0.3, 0.4) is 0 Å². The molecule has 0 aliphatic carbocycles. The number of aromatic nitrogens is 1. The fourth-order valence-corrected chi connectivity index (χ4v) is 2.71. The molecular weight excluding hydrogens is 373 g/mol. The first-order valence-corrected chi connectivity index (χ1v) is 9.00. The Hall–Kier alpha value is -3.74. The van der Waals surface area contributed by atoms with Gasteiger partial charge in [0.15, 0.2) is 0 Å². The number of methoxy groups -OCH3 is 1. The van der Waals surface area contributed by atoms with Gasteiger partial charge < -0.3 is 15.4 Å². The fraction of sp³-hybridized carbons (Fsp3) is 0.136. The largest absolute Gasteiger partial charge is 0.465 e. The van der Waals surface area contributed by atoms with E-state index in [4.69, 9.17) is 4.74 Å². The summed E-state index contributed by atoms with van der Waals surface area (Å²) in [6, 6.07) is 16.6. The van der Waals surface area contributed by atoms with Crippen molar-refractivity contribution in [1.82, 2.24) is 10.3 Å². The van der Waals surface area contributed by atoms with Crippen molar-refractivity contribution in [3.8, 4) is 0 Å². The van der Waals surface area contributed by atoms with E-state index in [1.807, 2.05) is 0 Å². The molecule has 3 aromatic rings. The van der Waals surface area contributed by atoms with Gasteiger partial charge in [-0.2, -0.15) is 0 Å². The highest BCUT2D eigenvalue weighted by Gasteiger charge is 2.09. The molecule has 0 atom stereocenters. The zero-order valence-corrected chi connectivity index (χ0v) is 15.8. The molecule has 0 spiro atoms. The lowest BCUT2D eigenvalue weighted by Gasteiger charge is -2.09. The topological polar surface area (TPSA) is 80.3 Å². The lowest BCUT2D eigenvalue weighted by Crippen LogP contribution is -2.26. The number of pyridine rings is 1. The van der Waals surface area contributed by atoms with Gasteiger partial charge in [0.25, 0.3) is 5.91 Å². The normalized spacial score (nSPS) is 10.3. The SMILES string of the molecule is COC(=O)c1cccc(Nc2ccc(C(=O)NCCc3ccccc3F)cn2)c1. The highest BCUT2D eigenvalue weighted by Crippen LogP contribution is 2.17. The predicted molar refractivity (Wildman–Crippen MR) is 108 cm³/mol. The predicted octanol–water partition coefficient (Wildman–Crippen LogP) is 3.72. The summed E-state index contributed by atoms with van der Waals surface area (Å²) in [4.78, 5) is 28.0. The average Bonchev–Trinajstić information content (AvgIpc) is 2.75. The molecule has 6 nitrogen and oxygen atoms in total. The highest BCUT2D eigenvalue weighted by atomic mass is 19.1. The van der Waals surface area contributed by atoms with Crippen LogP contribution in [0, 0.1) is 5.82 Å². The van der Waals surface area contributed by atoms with E-state index >= 15 is 0 Å². The number of esters is 1. The number of anilines is 2. The van der Waals surface area contributed by atoms with Crippen molar-refractivity contribution in [2.24, 2.45) is 0 Å². The highest BCUT2D eigenvalue weighted by molar-refractivity contribution is 5.94. The Morgan fingerprint density at radius 2 is 1.86 bits per heavy atom. The molecule has 1 aromatic heterocycles. The van der Waals surface area contributed by atoms with E-state index in [1.165, 1.54) is 19.4 Å². The van der Waals surface area contributed by atoms with Crippen LogP contribution in [0.1, 0.15) is 26.3 Å². The fourth-order valence-electron chi connectivity index (χ4n) is 2.71. The molecule has 2 aromatic carbocycles. The van der Waals surface area contributed by atoms with E-state index in [0.29, 0.717) is 41.2 Å². The Morgan fingerprint density at radius 1 is 1.03 bits per heavy atom. The van der Waals surface area contributed by atoms with Gasteiger partial charge in [0.05, 0.1) is 18.2 Å². The molecule has 1 amide bonds. The van der Waals surface area contributed by atoms with Crippen LogP contribution in [-0.2, 0) is 11.2 Å². The summed E-state index contributed by atoms with van der Waals surface area (Å²) in [7, 11) is 1.32. The van der Waals surface area contributed by atoms with Gasteiger partial charge in [-0.05, 0) is 48.4 Å². The van der Waals surface area contributed by atoms with Gasteiger partial charge in [0.1, 0.15) is 11.6 Å². The van der Waals surface area contributed by atoms with E-state index in [-0.39, 0.29) is 11.7 Å². The minimum atomic E-state index is -0.427. The number of carbonyl (C=O) groups is 2. The quantitative estimate of drug-likeness (QED) is 0.598. The van der Waals surface area contributed by atoms with E-state index in [2.05, 4.69) is 15.6 Å². The van der Waals surface area contributed by atoms with Gasteiger partial charge in [-0.25, -0.2) is 14.2 Å². The third-order valence-electron chi connectivity index (χ3n) is 4.22. The lowest BCUT2D eigenvalue weighted by atomic mass is 10.1. The third-order valence-corrected chi connectivity index (χ3v) is 4.22. The number of nitrogens with zero attached hydrogens (tertiary/aromatic N) is 1. The van der Waals surface area contributed by atoms with E-state index in [0.717, 1.165) is 0 Å². The van der Waals surface area contributed by atoms with Gasteiger partial charge in [-0.3, -0.25) is 4.79 Å². The first-order chi connectivity index (χ1) is 14.1. The van der Waals surface area contributed by atoms with Crippen molar-refractivity contribution < 1.29 is 18.7 Å². The molecule has 2 N–H and O–H groups in total. The molecule has 0 saturated heterocycles. The van der Waals surface area contributed by atoms with E-state index in [9.17, 15) is 14.0 Å². The number of rotatable bonds is 7. The van der Waals surface area contributed by atoms with Crippen LogP contribution in [0.5, 0.6) is 0 Å². The summed E-state index contributed by atoms with van der Waals surface area (Å²) in [5.41, 5.74) is 2.04. The third kappa shape index (κ3) is 5.38. The van der Waals surface area contributed by atoms with E-state index < -0.39 is 5.97 Å². The number of nitrogens with one attached hydrogen (secondary N) is 2. The molecule has 29 heavy (non-hydrogen) atoms. The number of amides is 1. The van der Waals surface area contributed by atoms with Crippen LogP contribution in [0.2, 0.25) is 0 Å². The van der Waals surface area contributed by atoms with Crippen LogP contribution in [0.25, 0.3) is 0 Å². The van der Waals surface area contributed by atoms with Crippen molar-refractivity contribution >= 4 is 23.4 Å². The molecule has 3 rings (SSSR count). The minimum absolute atomic E-state index is 0.282. The first-order valence-electron chi connectivity index (χ1n) is 9.00. The second kappa shape index (κ2) is 9.45. The first kappa shape index (κ1) is 20.0. The Labute approximate surface area is 167 Å². The Morgan fingerprint density at radius 3 is 2.59 bits per heavy atom. The average molecular weight is 393 g/mol. The lowest BCUT2D eigenvalue weighted by molar-refractivity contribution is 0.0600. The molecule has 0 radical (unpaired) electrons. The van der Waals surface area contributed by atoms with Crippen molar-refractivity contribution in [2.75, 3.05) is 19.0 Å². The van der Waals surface area contributed by atoms with E-state index in [1.54, 1.807) is 54.6 Å². The van der Waals surface area contributed by atoms with Gasteiger partial charge in [-0.1, -0.05) is 24.3 Å². The van der Waals surface area contributed by atoms with Crippen LogP contribution >= 0.6 is 0 Å². The maximum atomic E-state index is 13.6. The molecule has 0 aliphatic rings. The molecule has 0 unspecified atom stereocenters. The molecule has 0 aliphatic heterocycles. The Kier molecular flexibility index (Phi) is 6.52. The molecule has 0 bridgehead atoms. The molecule has 148 valence electrons. The summed E-state index contributed by atoms with van der Waals surface area (Å²) in [5, 5.41) is 5.82. The summed E-state index contributed by atoms with van der Waals surface area (Å²) in [6.07, 6.45) is 1.85. The summed E-state index contributed by atoms with van der Waals surface area (Å²) in [6.45, 7) is 0.320. The van der Waals surface area contributed by atoms with Crippen molar-refractivity contribution in [2.45, 2.75) is 6.42 Å². The van der Waals surface area contributed by atoms with Crippen LogP contribution in [-0.4, -0.2) is 30.5 Å². The van der Waals surface area contributed by atoms with Crippen molar-refractivity contribution in [3.05, 3.63) is 89.4 Å². The van der Waals surface area contributed by atoms with Crippen molar-refractivity contribution in [1.29, 1.82) is 0 Å². The van der Waals surface area contributed by atoms with Gasteiger partial charge in [-0.15, -0.1) is 0 Å². The number of benzene rings is 2. The van der Waals surface area contributed by atoms with Crippen LogP contribution in [0.4, 0.5) is 15.9 Å². The standard InChI is InChI=1S/C22H20FN3O3/c1-29-22(28)16-6-4-7-18(13-16)26-20-10-9-17(14-25-20)21(27)24-12-11-15-5-2-3-8-19(15)23/h2-10,13-14H,11-12H2,1H3,(H,24,27)(H,25,26). The Bertz CT molecular complexity index is 1010.